The average molecular weight is 401 g/mol. The van der Waals surface area contributed by atoms with Gasteiger partial charge in [-0.15, -0.1) is 0 Å². The molecule has 1 unspecified atom stereocenters. The van der Waals surface area contributed by atoms with E-state index >= 15 is 0 Å². The number of rotatable bonds is 4. The second-order valence-electron chi connectivity index (χ2n) is 7.77. The molecule has 2 aliphatic rings. The van der Waals surface area contributed by atoms with Crippen molar-refractivity contribution >= 4 is 21.5 Å². The number of piperidine rings is 1. The molecule has 2 aromatic rings. The van der Waals surface area contributed by atoms with Gasteiger partial charge in [-0.25, -0.2) is 8.42 Å². The number of fused-ring (bicyclic) bond motifs is 1. The van der Waals surface area contributed by atoms with Crippen LogP contribution in [0.3, 0.4) is 0 Å². The van der Waals surface area contributed by atoms with Crippen LogP contribution >= 0.6 is 0 Å². The summed E-state index contributed by atoms with van der Waals surface area (Å²) in [4.78, 5) is 15.2. The lowest BCUT2D eigenvalue weighted by Gasteiger charge is -2.45. The molecule has 0 amide bonds. The number of carbonyl (C=O) groups is 1. The first kappa shape index (κ1) is 19.0. The Bertz CT molecular complexity index is 991. The Morgan fingerprint density at radius 2 is 1.96 bits per heavy atom. The number of hydrogen-bond donors (Lipinski definition) is 1. The van der Waals surface area contributed by atoms with E-state index in [2.05, 4.69) is 21.8 Å². The van der Waals surface area contributed by atoms with E-state index in [-0.39, 0.29) is 5.78 Å². The maximum Gasteiger partial charge on any atom is 0.229 e. The Kier molecular flexibility index (Phi) is 4.89. The third-order valence-electron chi connectivity index (χ3n) is 5.26. The molecule has 1 atom stereocenters. The standard InChI is InChI=1S/C21H24N2O4S/c1-28(25,26)22-17-8-9-20-18(12-17)19(24)13-21(27-20)10-5-11-23(15-21)14-16-6-3-2-4-7-16/h2-4,6-9,12,22H,5,10-11,13-15H2,1H3. The summed E-state index contributed by atoms with van der Waals surface area (Å²) in [5, 5.41) is 0. The molecule has 2 aromatic carbocycles. The van der Waals surface area contributed by atoms with E-state index in [0.29, 0.717) is 30.0 Å². The summed E-state index contributed by atoms with van der Waals surface area (Å²) in [7, 11) is -3.39. The highest BCUT2D eigenvalue weighted by atomic mass is 32.2. The fourth-order valence-corrected chi connectivity index (χ4v) is 4.72. The van der Waals surface area contributed by atoms with Crippen molar-refractivity contribution in [3.8, 4) is 5.75 Å². The highest BCUT2D eigenvalue weighted by Gasteiger charge is 2.43. The van der Waals surface area contributed by atoms with Crippen molar-refractivity contribution in [2.45, 2.75) is 31.4 Å². The number of sulfonamides is 1. The third-order valence-corrected chi connectivity index (χ3v) is 5.87. The quantitative estimate of drug-likeness (QED) is 0.854. The van der Waals surface area contributed by atoms with E-state index in [1.165, 1.54) is 5.56 Å². The van der Waals surface area contributed by atoms with Crippen LogP contribution in [0.5, 0.6) is 5.75 Å². The number of likely N-dealkylation sites (tertiary alicyclic amines) is 1. The molecular formula is C21H24N2O4S. The third kappa shape index (κ3) is 4.20. The summed E-state index contributed by atoms with van der Waals surface area (Å²) in [6, 6.07) is 15.2. The van der Waals surface area contributed by atoms with Gasteiger partial charge in [0, 0.05) is 18.8 Å². The lowest BCUT2D eigenvalue weighted by molar-refractivity contribution is -0.0203. The molecule has 28 heavy (non-hydrogen) atoms. The van der Waals surface area contributed by atoms with Gasteiger partial charge in [-0.1, -0.05) is 30.3 Å². The van der Waals surface area contributed by atoms with Crippen molar-refractivity contribution in [1.82, 2.24) is 4.90 Å². The van der Waals surface area contributed by atoms with Crippen LogP contribution in [0, 0.1) is 0 Å². The Balaban J connectivity index is 1.53. The lowest BCUT2D eigenvalue weighted by atomic mass is 9.83. The monoisotopic (exact) mass is 400 g/mol. The molecule has 0 bridgehead atoms. The highest BCUT2D eigenvalue weighted by Crippen LogP contribution is 2.39. The molecule has 1 fully saturated rings. The Morgan fingerprint density at radius 1 is 1.18 bits per heavy atom. The number of hydrogen-bond acceptors (Lipinski definition) is 5. The molecule has 0 radical (unpaired) electrons. The molecule has 2 aliphatic heterocycles. The smallest absolute Gasteiger partial charge is 0.229 e. The van der Waals surface area contributed by atoms with Crippen LogP contribution in [0.4, 0.5) is 5.69 Å². The van der Waals surface area contributed by atoms with Gasteiger partial charge in [0.2, 0.25) is 10.0 Å². The van der Waals surface area contributed by atoms with Gasteiger partial charge >= 0.3 is 0 Å². The second kappa shape index (κ2) is 7.22. The van der Waals surface area contributed by atoms with Crippen molar-refractivity contribution in [3.63, 3.8) is 0 Å². The number of nitrogens with one attached hydrogen (secondary N) is 1. The van der Waals surface area contributed by atoms with Crippen LogP contribution in [0.2, 0.25) is 0 Å². The Hall–Kier alpha value is -2.38. The molecule has 1 saturated heterocycles. The van der Waals surface area contributed by atoms with Crippen molar-refractivity contribution < 1.29 is 17.9 Å². The molecule has 0 saturated carbocycles. The van der Waals surface area contributed by atoms with Crippen LogP contribution in [0.25, 0.3) is 0 Å². The molecule has 2 heterocycles. The predicted octanol–water partition coefficient (Wildman–Crippen LogP) is 3.06. The zero-order chi connectivity index (χ0) is 19.8. The average Bonchev–Trinajstić information content (AvgIpc) is 2.62. The first-order valence-electron chi connectivity index (χ1n) is 9.42. The summed E-state index contributed by atoms with van der Waals surface area (Å²) >= 11 is 0. The normalized spacial score (nSPS) is 22.5. The summed E-state index contributed by atoms with van der Waals surface area (Å²) in [6.45, 7) is 2.53. The summed E-state index contributed by atoms with van der Waals surface area (Å²) in [5.74, 6) is 0.539. The number of benzene rings is 2. The Labute approximate surface area is 165 Å². The van der Waals surface area contributed by atoms with E-state index in [4.69, 9.17) is 4.74 Å². The molecule has 4 rings (SSSR count). The van der Waals surface area contributed by atoms with Gasteiger partial charge in [-0.2, -0.15) is 0 Å². The topological polar surface area (TPSA) is 75.7 Å². The van der Waals surface area contributed by atoms with Gasteiger partial charge < -0.3 is 4.74 Å². The largest absolute Gasteiger partial charge is 0.485 e. The molecular weight excluding hydrogens is 376 g/mol. The minimum atomic E-state index is -3.39. The molecule has 6 nitrogen and oxygen atoms in total. The number of ketones is 1. The van der Waals surface area contributed by atoms with Gasteiger partial charge in [0.1, 0.15) is 11.4 Å². The van der Waals surface area contributed by atoms with Crippen molar-refractivity contribution in [3.05, 3.63) is 59.7 Å². The van der Waals surface area contributed by atoms with E-state index in [9.17, 15) is 13.2 Å². The maximum atomic E-state index is 12.9. The van der Waals surface area contributed by atoms with Crippen LogP contribution in [-0.4, -0.2) is 44.0 Å². The zero-order valence-electron chi connectivity index (χ0n) is 15.8. The molecule has 1 spiro atoms. The van der Waals surface area contributed by atoms with Crippen LogP contribution in [0.15, 0.2) is 48.5 Å². The first-order valence-corrected chi connectivity index (χ1v) is 11.3. The van der Waals surface area contributed by atoms with Gasteiger partial charge in [-0.3, -0.25) is 14.4 Å². The van der Waals surface area contributed by atoms with E-state index < -0.39 is 15.6 Å². The van der Waals surface area contributed by atoms with Gasteiger partial charge in [0.15, 0.2) is 5.78 Å². The number of ether oxygens (including phenoxy) is 1. The molecule has 1 N–H and O–H groups in total. The van der Waals surface area contributed by atoms with Crippen molar-refractivity contribution in [2.24, 2.45) is 0 Å². The van der Waals surface area contributed by atoms with Crippen molar-refractivity contribution in [1.29, 1.82) is 0 Å². The van der Waals surface area contributed by atoms with E-state index in [1.807, 2.05) is 18.2 Å². The molecule has 148 valence electrons. The number of anilines is 1. The fraction of sp³-hybridized carbons (Fsp3) is 0.381. The second-order valence-corrected chi connectivity index (χ2v) is 9.52. The molecule has 7 heteroatoms. The fourth-order valence-electron chi connectivity index (χ4n) is 4.17. The van der Waals surface area contributed by atoms with Crippen LogP contribution in [-0.2, 0) is 16.6 Å². The number of nitrogens with zero attached hydrogens (tertiary/aromatic N) is 1. The zero-order valence-corrected chi connectivity index (χ0v) is 16.7. The predicted molar refractivity (Wildman–Crippen MR) is 108 cm³/mol. The minimum absolute atomic E-state index is 0.0000351. The number of carbonyl (C=O) groups excluding carboxylic acids is 1. The first-order chi connectivity index (χ1) is 13.3. The van der Waals surface area contributed by atoms with Gasteiger partial charge in [0.25, 0.3) is 0 Å². The maximum absolute atomic E-state index is 12.9. The SMILES string of the molecule is CS(=O)(=O)Nc1ccc2c(c1)C(=O)CC1(CCCN(Cc3ccccc3)C1)O2. The Morgan fingerprint density at radius 3 is 2.71 bits per heavy atom. The lowest BCUT2D eigenvalue weighted by Crippen LogP contribution is -2.54. The molecule has 0 aromatic heterocycles. The highest BCUT2D eigenvalue weighted by molar-refractivity contribution is 7.92. The number of Topliss-reactive ketones (excluding diaryl/α,β-unsaturated/α-hetero) is 1. The van der Waals surface area contributed by atoms with Gasteiger partial charge in [-0.05, 0) is 43.1 Å². The van der Waals surface area contributed by atoms with E-state index in [0.717, 1.165) is 32.2 Å². The van der Waals surface area contributed by atoms with E-state index in [1.54, 1.807) is 18.2 Å². The van der Waals surface area contributed by atoms with Crippen LogP contribution in [0.1, 0.15) is 35.2 Å². The minimum Gasteiger partial charge on any atom is -0.485 e. The molecule has 0 aliphatic carbocycles. The summed E-state index contributed by atoms with van der Waals surface area (Å²) < 4.78 is 31.6. The summed E-state index contributed by atoms with van der Waals surface area (Å²) in [6.07, 6.45) is 3.21. The summed E-state index contributed by atoms with van der Waals surface area (Å²) in [5.41, 5.74) is 1.56. The van der Waals surface area contributed by atoms with Gasteiger partial charge in [0.05, 0.1) is 18.2 Å². The van der Waals surface area contributed by atoms with Crippen molar-refractivity contribution in [2.75, 3.05) is 24.1 Å². The van der Waals surface area contributed by atoms with Crippen LogP contribution < -0.4 is 9.46 Å².